The second-order valence-corrected chi connectivity index (χ2v) is 5.61. The van der Waals surface area contributed by atoms with Gasteiger partial charge in [-0.3, -0.25) is 0 Å². The summed E-state index contributed by atoms with van der Waals surface area (Å²) in [6.45, 7) is 10.8. The molecule has 0 aromatic carbocycles. The van der Waals surface area contributed by atoms with E-state index in [9.17, 15) is 0 Å². The van der Waals surface area contributed by atoms with Gasteiger partial charge in [0.2, 0.25) is 0 Å². The zero-order valence-corrected chi connectivity index (χ0v) is 12.1. The molecule has 2 aromatic heterocycles. The number of aryl methyl sites for hydroxylation is 2. The zero-order chi connectivity index (χ0) is 14.0. The molecule has 19 heavy (non-hydrogen) atoms. The molecule has 0 unspecified atom stereocenters. The molecule has 0 fully saturated rings. The second-order valence-electron chi connectivity index (χ2n) is 5.61. The van der Waals surface area contributed by atoms with Crippen LogP contribution in [0.15, 0.2) is 12.4 Å². The van der Waals surface area contributed by atoms with Crippen molar-refractivity contribution in [2.24, 2.45) is 0 Å². The number of nitrogens with zero attached hydrogens (tertiary/aromatic N) is 5. The summed E-state index contributed by atoms with van der Waals surface area (Å²) in [5.74, 6) is 2.33. The Kier molecular flexibility index (Phi) is 3.61. The minimum Gasteiger partial charge on any atom is -0.305 e. The Balaban J connectivity index is 2.28. The highest BCUT2D eigenvalue weighted by Gasteiger charge is 2.13. The maximum atomic E-state index is 4.40. The normalized spacial score (nSPS) is 11.8. The lowest BCUT2D eigenvalue weighted by Gasteiger charge is -2.20. The Hall–Kier alpha value is -1.82. The number of nitrogens with one attached hydrogen (secondary N) is 1. The highest BCUT2D eigenvalue weighted by atomic mass is 15.4. The quantitative estimate of drug-likeness (QED) is 0.907. The van der Waals surface area contributed by atoms with Gasteiger partial charge in [-0.1, -0.05) is 0 Å². The van der Waals surface area contributed by atoms with Gasteiger partial charge in [0.1, 0.15) is 18.0 Å². The van der Waals surface area contributed by atoms with E-state index < -0.39 is 0 Å². The van der Waals surface area contributed by atoms with Gasteiger partial charge in [0.25, 0.3) is 0 Å². The summed E-state index contributed by atoms with van der Waals surface area (Å²) in [4.78, 5) is 13.0. The topological polar surface area (TPSA) is 68.5 Å². The van der Waals surface area contributed by atoms with E-state index in [1.807, 2.05) is 19.9 Å². The molecular weight excluding hydrogens is 240 g/mol. The molecule has 102 valence electrons. The SMILES string of the molecule is Cc1cc(-n2ncnc2CNC(C)(C)C)nc(C)n1. The largest absolute Gasteiger partial charge is 0.305 e. The fourth-order valence-corrected chi connectivity index (χ4v) is 1.73. The fourth-order valence-electron chi connectivity index (χ4n) is 1.73. The Morgan fingerprint density at radius 2 is 1.95 bits per heavy atom. The van der Waals surface area contributed by atoms with Crippen LogP contribution in [0.25, 0.3) is 5.82 Å². The standard InChI is InChI=1S/C13H20N6/c1-9-6-11(18-10(2)17-9)19-12(14-8-16-19)7-15-13(3,4)5/h6,8,15H,7H2,1-5H3. The van der Waals surface area contributed by atoms with Gasteiger partial charge in [-0.25, -0.2) is 15.0 Å². The van der Waals surface area contributed by atoms with Crippen molar-refractivity contribution < 1.29 is 0 Å². The van der Waals surface area contributed by atoms with Crippen LogP contribution in [-0.4, -0.2) is 30.3 Å². The molecule has 1 N–H and O–H groups in total. The third-order valence-corrected chi connectivity index (χ3v) is 2.56. The van der Waals surface area contributed by atoms with Crippen molar-refractivity contribution in [1.82, 2.24) is 30.0 Å². The van der Waals surface area contributed by atoms with Crippen LogP contribution in [0.3, 0.4) is 0 Å². The van der Waals surface area contributed by atoms with Crippen LogP contribution >= 0.6 is 0 Å². The van der Waals surface area contributed by atoms with Gasteiger partial charge in [-0.2, -0.15) is 9.78 Å². The molecule has 0 saturated carbocycles. The van der Waals surface area contributed by atoms with Crippen molar-refractivity contribution in [3.05, 3.63) is 29.7 Å². The smallest absolute Gasteiger partial charge is 0.159 e. The van der Waals surface area contributed by atoms with Crippen LogP contribution in [0.5, 0.6) is 0 Å². The van der Waals surface area contributed by atoms with Crippen LogP contribution < -0.4 is 5.32 Å². The van der Waals surface area contributed by atoms with Gasteiger partial charge in [0.15, 0.2) is 5.82 Å². The maximum Gasteiger partial charge on any atom is 0.159 e. The first-order valence-corrected chi connectivity index (χ1v) is 6.32. The van der Waals surface area contributed by atoms with E-state index in [2.05, 4.69) is 46.1 Å². The third-order valence-electron chi connectivity index (χ3n) is 2.56. The first-order valence-electron chi connectivity index (χ1n) is 6.32. The van der Waals surface area contributed by atoms with Gasteiger partial charge in [-0.05, 0) is 34.6 Å². The van der Waals surface area contributed by atoms with E-state index in [-0.39, 0.29) is 5.54 Å². The number of rotatable bonds is 3. The Labute approximate surface area is 113 Å². The molecule has 2 aromatic rings. The summed E-state index contributed by atoms with van der Waals surface area (Å²) in [6.07, 6.45) is 1.55. The van der Waals surface area contributed by atoms with Crippen LogP contribution in [0.4, 0.5) is 0 Å². The predicted molar refractivity (Wildman–Crippen MR) is 73.0 cm³/mol. The Morgan fingerprint density at radius 1 is 1.21 bits per heavy atom. The van der Waals surface area contributed by atoms with Crippen molar-refractivity contribution in [2.75, 3.05) is 0 Å². The lowest BCUT2D eigenvalue weighted by Crippen LogP contribution is -2.36. The van der Waals surface area contributed by atoms with E-state index >= 15 is 0 Å². The van der Waals surface area contributed by atoms with Crippen molar-refractivity contribution in [1.29, 1.82) is 0 Å². The van der Waals surface area contributed by atoms with Gasteiger partial charge in [-0.15, -0.1) is 0 Å². The lowest BCUT2D eigenvalue weighted by molar-refractivity contribution is 0.414. The first-order chi connectivity index (χ1) is 8.85. The summed E-state index contributed by atoms with van der Waals surface area (Å²) < 4.78 is 1.75. The average molecular weight is 260 g/mol. The van der Waals surface area contributed by atoms with E-state index in [0.29, 0.717) is 6.54 Å². The molecule has 0 amide bonds. The summed E-state index contributed by atoms with van der Waals surface area (Å²) >= 11 is 0. The molecule has 0 aliphatic heterocycles. The van der Waals surface area contributed by atoms with E-state index in [0.717, 1.165) is 23.2 Å². The molecule has 0 radical (unpaired) electrons. The van der Waals surface area contributed by atoms with E-state index in [1.54, 1.807) is 11.0 Å². The van der Waals surface area contributed by atoms with E-state index in [1.165, 1.54) is 0 Å². The summed E-state index contributed by atoms with van der Waals surface area (Å²) in [7, 11) is 0. The second kappa shape index (κ2) is 5.05. The van der Waals surface area contributed by atoms with Crippen molar-refractivity contribution >= 4 is 0 Å². The van der Waals surface area contributed by atoms with Crippen LogP contribution in [-0.2, 0) is 6.54 Å². The molecule has 0 atom stereocenters. The van der Waals surface area contributed by atoms with Gasteiger partial charge in [0, 0.05) is 17.3 Å². The van der Waals surface area contributed by atoms with E-state index in [4.69, 9.17) is 0 Å². The average Bonchev–Trinajstić information content (AvgIpc) is 2.72. The van der Waals surface area contributed by atoms with Crippen molar-refractivity contribution in [3.63, 3.8) is 0 Å². The summed E-state index contributed by atoms with van der Waals surface area (Å²) in [6, 6.07) is 1.91. The number of hydrogen-bond donors (Lipinski definition) is 1. The molecular formula is C13H20N6. The Bertz CT molecular complexity index is 547. The molecule has 2 rings (SSSR count). The number of aromatic nitrogens is 5. The van der Waals surface area contributed by atoms with Crippen LogP contribution in [0.1, 0.15) is 38.1 Å². The van der Waals surface area contributed by atoms with Crippen molar-refractivity contribution in [2.45, 2.75) is 46.7 Å². The predicted octanol–water partition coefficient (Wildman–Crippen LogP) is 1.56. The summed E-state index contributed by atoms with van der Waals surface area (Å²) in [5.41, 5.74) is 0.960. The van der Waals surface area contributed by atoms with Crippen LogP contribution in [0.2, 0.25) is 0 Å². The molecule has 6 nitrogen and oxygen atoms in total. The molecule has 6 heteroatoms. The third kappa shape index (κ3) is 3.57. The lowest BCUT2D eigenvalue weighted by atomic mass is 10.1. The molecule has 0 aliphatic carbocycles. The Morgan fingerprint density at radius 3 is 2.58 bits per heavy atom. The molecule has 2 heterocycles. The van der Waals surface area contributed by atoms with Crippen LogP contribution in [0, 0.1) is 13.8 Å². The highest BCUT2D eigenvalue weighted by molar-refractivity contribution is 5.24. The molecule has 0 saturated heterocycles. The zero-order valence-electron chi connectivity index (χ0n) is 12.1. The summed E-state index contributed by atoms with van der Waals surface area (Å²) in [5, 5.41) is 7.64. The minimum absolute atomic E-state index is 0.0360. The molecule has 0 spiro atoms. The highest BCUT2D eigenvalue weighted by Crippen LogP contribution is 2.09. The monoisotopic (exact) mass is 260 g/mol. The first kappa shape index (κ1) is 13.6. The van der Waals surface area contributed by atoms with Gasteiger partial charge in [0.05, 0.1) is 6.54 Å². The number of hydrogen-bond acceptors (Lipinski definition) is 5. The van der Waals surface area contributed by atoms with Crippen molar-refractivity contribution in [3.8, 4) is 5.82 Å². The van der Waals surface area contributed by atoms with Gasteiger partial charge < -0.3 is 5.32 Å². The van der Waals surface area contributed by atoms with Gasteiger partial charge >= 0.3 is 0 Å². The molecule has 0 bridgehead atoms. The minimum atomic E-state index is 0.0360. The molecule has 0 aliphatic rings. The maximum absolute atomic E-state index is 4.40. The fraction of sp³-hybridized carbons (Fsp3) is 0.538.